The van der Waals surface area contributed by atoms with E-state index >= 15 is 0 Å². The maximum Gasteiger partial charge on any atom is 0.416 e. The molecule has 6 heteroatoms. The van der Waals surface area contributed by atoms with Gasteiger partial charge < -0.3 is 4.74 Å². The molecule has 1 fully saturated rings. The Morgan fingerprint density at radius 1 is 1.50 bits per heavy atom. The molecule has 82 valence electrons. The summed E-state index contributed by atoms with van der Waals surface area (Å²) in [7, 11) is 0. The van der Waals surface area contributed by atoms with Crippen LogP contribution in [0.2, 0.25) is 5.02 Å². The average Bonchev–Trinajstić information content (AvgIpc) is 2.82. The number of nitrogens with zero attached hydrogens (tertiary/aromatic N) is 2. The Balaban J connectivity index is 2.08. The molecule has 2 aromatic rings. The van der Waals surface area contributed by atoms with E-state index in [9.17, 15) is 4.79 Å². The van der Waals surface area contributed by atoms with Crippen LogP contribution in [0.4, 0.5) is 9.93 Å². The summed E-state index contributed by atoms with van der Waals surface area (Å²) in [6.07, 6.45) is -0.329. The van der Waals surface area contributed by atoms with Crippen molar-refractivity contribution in [3.63, 3.8) is 0 Å². The van der Waals surface area contributed by atoms with E-state index in [4.69, 9.17) is 16.3 Å². The first kappa shape index (κ1) is 9.86. The number of cyclic esters (lactones) is 1. The number of fused-ring (bicyclic) bond motifs is 1. The first-order chi connectivity index (χ1) is 7.74. The van der Waals surface area contributed by atoms with Crippen LogP contribution >= 0.6 is 22.9 Å². The van der Waals surface area contributed by atoms with Gasteiger partial charge in [-0.25, -0.2) is 14.7 Å². The predicted octanol–water partition coefficient (Wildman–Crippen LogP) is 2.91. The van der Waals surface area contributed by atoms with Gasteiger partial charge in [-0.1, -0.05) is 22.9 Å². The van der Waals surface area contributed by atoms with Gasteiger partial charge in [0.2, 0.25) is 0 Å². The summed E-state index contributed by atoms with van der Waals surface area (Å²) in [5.41, 5.74) is 0.851. The highest BCUT2D eigenvalue weighted by atomic mass is 35.5. The van der Waals surface area contributed by atoms with Gasteiger partial charge in [0.15, 0.2) is 5.13 Å². The van der Waals surface area contributed by atoms with Crippen molar-refractivity contribution in [2.45, 2.75) is 0 Å². The van der Waals surface area contributed by atoms with Crippen LogP contribution in [0.5, 0.6) is 0 Å². The number of ether oxygens (including phenoxy) is 1. The molecule has 0 N–H and O–H groups in total. The van der Waals surface area contributed by atoms with Crippen molar-refractivity contribution in [2.24, 2.45) is 0 Å². The van der Waals surface area contributed by atoms with Crippen molar-refractivity contribution in [3.05, 3.63) is 23.2 Å². The average molecular weight is 255 g/mol. The topological polar surface area (TPSA) is 42.4 Å². The van der Waals surface area contributed by atoms with Gasteiger partial charge in [-0.15, -0.1) is 0 Å². The minimum Gasteiger partial charge on any atom is -0.447 e. The third-order valence-corrected chi connectivity index (χ3v) is 3.61. The van der Waals surface area contributed by atoms with Crippen LogP contribution in [0.1, 0.15) is 0 Å². The third-order valence-electron chi connectivity index (χ3n) is 2.33. The number of carbonyl (C=O) groups is 1. The lowest BCUT2D eigenvalue weighted by atomic mass is 10.3. The van der Waals surface area contributed by atoms with Crippen LogP contribution in [0, 0.1) is 0 Å². The molecule has 0 atom stereocenters. The summed E-state index contributed by atoms with van der Waals surface area (Å²) in [5, 5.41) is 1.34. The van der Waals surface area contributed by atoms with E-state index in [1.54, 1.807) is 11.0 Å². The molecule has 16 heavy (non-hydrogen) atoms. The summed E-state index contributed by atoms with van der Waals surface area (Å²) in [5.74, 6) is 0. The number of aromatic nitrogens is 1. The molecule has 3 rings (SSSR count). The molecule has 0 bridgehead atoms. The fourth-order valence-corrected chi connectivity index (χ4v) is 2.83. The summed E-state index contributed by atoms with van der Waals surface area (Å²) in [6.45, 7) is 0.988. The lowest BCUT2D eigenvalue weighted by Crippen LogP contribution is -2.22. The highest BCUT2D eigenvalue weighted by Crippen LogP contribution is 2.31. The van der Waals surface area contributed by atoms with Crippen LogP contribution in [-0.4, -0.2) is 24.2 Å². The Labute approximate surface area is 100 Å². The number of carbonyl (C=O) groups excluding carboxylic acids is 1. The zero-order chi connectivity index (χ0) is 11.1. The molecule has 0 aliphatic carbocycles. The molecular weight excluding hydrogens is 248 g/mol. The first-order valence-corrected chi connectivity index (χ1v) is 5.94. The van der Waals surface area contributed by atoms with Crippen LogP contribution < -0.4 is 4.90 Å². The second-order valence-electron chi connectivity index (χ2n) is 3.37. The van der Waals surface area contributed by atoms with Gasteiger partial charge >= 0.3 is 6.09 Å². The minimum atomic E-state index is -0.329. The van der Waals surface area contributed by atoms with Crippen molar-refractivity contribution < 1.29 is 9.53 Å². The lowest BCUT2D eigenvalue weighted by Gasteiger charge is -2.06. The van der Waals surface area contributed by atoms with Crippen LogP contribution in [0.25, 0.3) is 10.2 Å². The summed E-state index contributed by atoms with van der Waals surface area (Å²) >= 11 is 7.33. The molecule has 0 saturated carbocycles. The van der Waals surface area contributed by atoms with Crippen molar-refractivity contribution in [1.82, 2.24) is 4.98 Å². The predicted molar refractivity (Wildman–Crippen MR) is 63.3 cm³/mol. The Morgan fingerprint density at radius 2 is 2.38 bits per heavy atom. The second kappa shape index (κ2) is 3.61. The molecule has 1 amide bonds. The van der Waals surface area contributed by atoms with Crippen LogP contribution in [-0.2, 0) is 4.74 Å². The van der Waals surface area contributed by atoms with Crippen LogP contribution in [0.3, 0.4) is 0 Å². The summed E-state index contributed by atoms with van der Waals surface area (Å²) in [4.78, 5) is 17.3. The number of benzene rings is 1. The number of hydrogen-bond donors (Lipinski definition) is 0. The molecule has 0 unspecified atom stereocenters. The molecule has 1 aliphatic heterocycles. The number of halogens is 1. The van der Waals surface area contributed by atoms with Crippen molar-refractivity contribution in [2.75, 3.05) is 18.1 Å². The van der Waals surface area contributed by atoms with E-state index in [2.05, 4.69) is 4.98 Å². The largest absolute Gasteiger partial charge is 0.447 e. The second-order valence-corrected chi connectivity index (χ2v) is 4.82. The SMILES string of the molecule is O=C1OCCN1c1nc2ccc(Cl)cc2s1. The molecule has 0 spiro atoms. The molecule has 1 aliphatic rings. The Hall–Kier alpha value is -1.33. The molecule has 1 aromatic carbocycles. The molecule has 1 saturated heterocycles. The van der Waals surface area contributed by atoms with Crippen molar-refractivity contribution in [3.8, 4) is 0 Å². The van der Waals surface area contributed by atoms with E-state index in [-0.39, 0.29) is 6.09 Å². The highest BCUT2D eigenvalue weighted by molar-refractivity contribution is 7.22. The van der Waals surface area contributed by atoms with E-state index < -0.39 is 0 Å². The van der Waals surface area contributed by atoms with E-state index in [1.807, 2.05) is 12.1 Å². The third kappa shape index (κ3) is 1.52. The molecular formula is C10H7ClN2O2S. The maximum atomic E-state index is 11.4. The normalized spacial score (nSPS) is 15.8. The van der Waals surface area contributed by atoms with Crippen LogP contribution in [0.15, 0.2) is 18.2 Å². The number of hydrogen-bond acceptors (Lipinski definition) is 4. The molecule has 1 aromatic heterocycles. The summed E-state index contributed by atoms with van der Waals surface area (Å²) in [6, 6.07) is 5.48. The van der Waals surface area contributed by atoms with E-state index in [0.29, 0.717) is 23.3 Å². The number of thiazole rings is 1. The smallest absolute Gasteiger partial charge is 0.416 e. The van der Waals surface area contributed by atoms with Gasteiger partial charge in [-0.2, -0.15) is 0 Å². The molecule has 2 heterocycles. The van der Waals surface area contributed by atoms with Gasteiger partial charge in [0.05, 0.1) is 16.8 Å². The fraction of sp³-hybridized carbons (Fsp3) is 0.200. The Kier molecular flexibility index (Phi) is 2.22. The van der Waals surface area contributed by atoms with Gasteiger partial charge in [0.1, 0.15) is 6.61 Å². The summed E-state index contributed by atoms with van der Waals surface area (Å²) < 4.78 is 5.84. The van der Waals surface area contributed by atoms with Gasteiger partial charge in [-0.05, 0) is 18.2 Å². The first-order valence-electron chi connectivity index (χ1n) is 4.74. The fourth-order valence-electron chi connectivity index (χ4n) is 1.57. The maximum absolute atomic E-state index is 11.4. The molecule has 4 nitrogen and oxygen atoms in total. The van der Waals surface area contributed by atoms with Gasteiger partial charge in [0, 0.05) is 5.02 Å². The molecule has 0 radical (unpaired) electrons. The van der Waals surface area contributed by atoms with Crippen molar-refractivity contribution in [1.29, 1.82) is 0 Å². The minimum absolute atomic E-state index is 0.329. The van der Waals surface area contributed by atoms with Crippen molar-refractivity contribution >= 4 is 44.4 Å². The number of amides is 1. The van der Waals surface area contributed by atoms with Gasteiger partial charge in [-0.3, -0.25) is 0 Å². The zero-order valence-corrected chi connectivity index (χ0v) is 9.72. The Bertz CT molecular complexity index is 569. The highest BCUT2D eigenvalue weighted by Gasteiger charge is 2.26. The number of anilines is 1. The van der Waals surface area contributed by atoms with Gasteiger partial charge in [0.25, 0.3) is 0 Å². The zero-order valence-electron chi connectivity index (χ0n) is 8.14. The quantitative estimate of drug-likeness (QED) is 0.786. The van der Waals surface area contributed by atoms with E-state index in [0.717, 1.165) is 10.2 Å². The lowest BCUT2D eigenvalue weighted by molar-refractivity contribution is 0.181. The van der Waals surface area contributed by atoms with E-state index in [1.165, 1.54) is 11.3 Å². The monoisotopic (exact) mass is 254 g/mol. The Morgan fingerprint density at radius 3 is 3.12 bits per heavy atom. The standard InChI is InChI=1S/C10H7ClN2O2S/c11-6-1-2-7-8(5-6)16-9(12-7)13-3-4-15-10(13)14/h1-2,5H,3-4H2. The number of rotatable bonds is 1.